The highest BCUT2D eigenvalue weighted by atomic mass is 16.1. The highest BCUT2D eigenvalue weighted by Gasteiger charge is 2.04. The third-order valence-electron chi connectivity index (χ3n) is 2.20. The minimum Gasteiger partial charge on any atom is -0.352 e. The molecule has 1 aromatic carbocycles. The standard InChI is InChI=1S/C13H18NO/c1-10(2)7-8-14-13(15)12-6-4-5-11(3)9-12/h4-6,9-10H,3,7-8H2,1-2H3,(H,14,15). The Morgan fingerprint density at radius 2 is 2.20 bits per heavy atom. The molecule has 0 spiro atoms. The van der Waals surface area contributed by atoms with E-state index in [9.17, 15) is 4.79 Å². The Kier molecular flexibility index (Phi) is 4.35. The Balaban J connectivity index is 2.47. The molecule has 0 aromatic heterocycles. The summed E-state index contributed by atoms with van der Waals surface area (Å²) in [5.74, 6) is 0.602. The van der Waals surface area contributed by atoms with E-state index < -0.39 is 0 Å². The van der Waals surface area contributed by atoms with E-state index in [-0.39, 0.29) is 5.91 Å². The number of amides is 1. The van der Waals surface area contributed by atoms with Crippen molar-refractivity contribution in [1.82, 2.24) is 5.32 Å². The molecule has 0 aliphatic carbocycles. The van der Waals surface area contributed by atoms with Gasteiger partial charge in [-0.3, -0.25) is 4.79 Å². The summed E-state index contributed by atoms with van der Waals surface area (Å²) < 4.78 is 0. The molecule has 1 rings (SSSR count). The minimum atomic E-state index is -0.0128. The molecule has 1 N–H and O–H groups in total. The number of nitrogens with one attached hydrogen (secondary N) is 1. The molecule has 1 amide bonds. The molecule has 0 unspecified atom stereocenters. The molecule has 0 fully saturated rings. The van der Waals surface area contributed by atoms with Crippen LogP contribution in [0.1, 0.15) is 36.2 Å². The van der Waals surface area contributed by atoms with E-state index in [1.165, 1.54) is 0 Å². The van der Waals surface area contributed by atoms with Crippen LogP contribution in [0.25, 0.3) is 0 Å². The van der Waals surface area contributed by atoms with Gasteiger partial charge in [-0.15, -0.1) is 0 Å². The maximum atomic E-state index is 11.6. The SMILES string of the molecule is [CH2]c1cccc(C(=O)NCCC(C)C)c1. The second-order valence-corrected chi connectivity index (χ2v) is 4.14. The van der Waals surface area contributed by atoms with Crippen LogP contribution in [0, 0.1) is 12.8 Å². The molecule has 0 atom stereocenters. The Labute approximate surface area is 91.7 Å². The molecule has 0 heterocycles. The van der Waals surface area contributed by atoms with Gasteiger partial charge in [0.25, 0.3) is 5.91 Å². The second kappa shape index (κ2) is 5.54. The first-order valence-corrected chi connectivity index (χ1v) is 5.30. The van der Waals surface area contributed by atoms with Gasteiger partial charge in [-0.2, -0.15) is 0 Å². The third-order valence-corrected chi connectivity index (χ3v) is 2.20. The van der Waals surface area contributed by atoms with Crippen LogP contribution in [0.5, 0.6) is 0 Å². The number of carbonyl (C=O) groups excluding carboxylic acids is 1. The molecule has 0 saturated carbocycles. The Bertz CT molecular complexity index is 331. The summed E-state index contributed by atoms with van der Waals surface area (Å²) in [5.41, 5.74) is 1.55. The molecule has 0 aliphatic rings. The van der Waals surface area contributed by atoms with E-state index in [0.29, 0.717) is 11.5 Å². The number of hydrogen-bond acceptors (Lipinski definition) is 1. The van der Waals surface area contributed by atoms with Crippen molar-refractivity contribution in [3.8, 4) is 0 Å². The lowest BCUT2D eigenvalue weighted by Gasteiger charge is -2.07. The van der Waals surface area contributed by atoms with E-state index >= 15 is 0 Å². The molecular formula is C13H18NO. The van der Waals surface area contributed by atoms with Crippen molar-refractivity contribution in [2.45, 2.75) is 20.3 Å². The van der Waals surface area contributed by atoms with Gasteiger partial charge in [0.2, 0.25) is 0 Å². The van der Waals surface area contributed by atoms with Crippen LogP contribution in [-0.2, 0) is 0 Å². The van der Waals surface area contributed by atoms with Crippen molar-refractivity contribution in [1.29, 1.82) is 0 Å². The Morgan fingerprint density at radius 1 is 1.47 bits per heavy atom. The number of benzene rings is 1. The molecular weight excluding hydrogens is 186 g/mol. The molecule has 0 bridgehead atoms. The van der Waals surface area contributed by atoms with Crippen molar-refractivity contribution < 1.29 is 4.79 Å². The minimum absolute atomic E-state index is 0.0128. The Hall–Kier alpha value is -1.31. The predicted molar refractivity (Wildman–Crippen MR) is 62.7 cm³/mol. The van der Waals surface area contributed by atoms with Crippen molar-refractivity contribution in [2.75, 3.05) is 6.54 Å². The van der Waals surface area contributed by atoms with Gasteiger partial charge in [0, 0.05) is 12.1 Å². The van der Waals surface area contributed by atoms with Crippen LogP contribution in [0.15, 0.2) is 24.3 Å². The smallest absolute Gasteiger partial charge is 0.251 e. The van der Waals surface area contributed by atoms with Crippen molar-refractivity contribution in [2.24, 2.45) is 5.92 Å². The molecule has 0 saturated heterocycles. The van der Waals surface area contributed by atoms with Gasteiger partial charge in [-0.05, 0) is 37.0 Å². The maximum absolute atomic E-state index is 11.6. The summed E-state index contributed by atoms with van der Waals surface area (Å²) in [6.07, 6.45) is 1.01. The number of rotatable bonds is 4. The summed E-state index contributed by atoms with van der Waals surface area (Å²) in [6, 6.07) is 7.33. The van der Waals surface area contributed by atoms with Gasteiger partial charge in [0.1, 0.15) is 0 Å². The zero-order valence-corrected chi connectivity index (χ0v) is 9.42. The summed E-state index contributed by atoms with van der Waals surface area (Å²) in [5, 5.41) is 2.89. The largest absolute Gasteiger partial charge is 0.352 e. The van der Waals surface area contributed by atoms with E-state index in [0.717, 1.165) is 18.5 Å². The summed E-state index contributed by atoms with van der Waals surface area (Å²) >= 11 is 0. The highest BCUT2D eigenvalue weighted by Crippen LogP contribution is 2.04. The lowest BCUT2D eigenvalue weighted by atomic mass is 10.1. The van der Waals surface area contributed by atoms with Gasteiger partial charge in [-0.1, -0.05) is 26.0 Å². The Morgan fingerprint density at radius 3 is 2.80 bits per heavy atom. The zero-order chi connectivity index (χ0) is 11.3. The van der Waals surface area contributed by atoms with E-state index in [1.807, 2.05) is 12.1 Å². The molecule has 2 heteroatoms. The zero-order valence-electron chi connectivity index (χ0n) is 9.42. The fraction of sp³-hybridized carbons (Fsp3) is 0.385. The molecule has 15 heavy (non-hydrogen) atoms. The van der Waals surface area contributed by atoms with Crippen LogP contribution in [0.4, 0.5) is 0 Å². The lowest BCUT2D eigenvalue weighted by Crippen LogP contribution is -2.25. The lowest BCUT2D eigenvalue weighted by molar-refractivity contribution is 0.0952. The van der Waals surface area contributed by atoms with Gasteiger partial charge in [0.05, 0.1) is 0 Å². The van der Waals surface area contributed by atoms with Gasteiger partial charge in [-0.25, -0.2) is 0 Å². The first-order chi connectivity index (χ1) is 7.09. The van der Waals surface area contributed by atoms with Gasteiger partial charge >= 0.3 is 0 Å². The third kappa shape index (κ3) is 4.15. The van der Waals surface area contributed by atoms with Crippen LogP contribution < -0.4 is 5.32 Å². The highest BCUT2D eigenvalue weighted by molar-refractivity contribution is 5.94. The molecule has 2 nitrogen and oxygen atoms in total. The molecule has 0 aliphatic heterocycles. The van der Waals surface area contributed by atoms with Gasteiger partial charge < -0.3 is 5.32 Å². The van der Waals surface area contributed by atoms with Crippen molar-refractivity contribution in [3.05, 3.63) is 42.3 Å². The van der Waals surface area contributed by atoms with E-state index in [2.05, 4.69) is 26.1 Å². The van der Waals surface area contributed by atoms with Crippen LogP contribution in [0.2, 0.25) is 0 Å². The first-order valence-electron chi connectivity index (χ1n) is 5.30. The predicted octanol–water partition coefficient (Wildman–Crippen LogP) is 2.64. The van der Waals surface area contributed by atoms with Crippen LogP contribution >= 0.6 is 0 Å². The van der Waals surface area contributed by atoms with E-state index in [1.54, 1.807) is 12.1 Å². The second-order valence-electron chi connectivity index (χ2n) is 4.14. The van der Waals surface area contributed by atoms with Crippen LogP contribution in [-0.4, -0.2) is 12.5 Å². The normalized spacial score (nSPS) is 10.4. The van der Waals surface area contributed by atoms with Crippen molar-refractivity contribution in [3.63, 3.8) is 0 Å². The van der Waals surface area contributed by atoms with Gasteiger partial charge in [0.15, 0.2) is 0 Å². The summed E-state index contributed by atoms with van der Waals surface area (Å²) in [6.45, 7) is 8.81. The quantitative estimate of drug-likeness (QED) is 0.802. The average Bonchev–Trinajstić information content (AvgIpc) is 2.17. The fourth-order valence-corrected chi connectivity index (χ4v) is 1.29. The van der Waals surface area contributed by atoms with Crippen molar-refractivity contribution >= 4 is 5.91 Å². The number of carbonyl (C=O) groups is 1. The van der Waals surface area contributed by atoms with Crippen LogP contribution in [0.3, 0.4) is 0 Å². The number of hydrogen-bond donors (Lipinski definition) is 1. The molecule has 81 valence electrons. The van der Waals surface area contributed by atoms with E-state index in [4.69, 9.17) is 0 Å². The topological polar surface area (TPSA) is 29.1 Å². The molecule has 1 aromatic rings. The summed E-state index contributed by atoms with van der Waals surface area (Å²) in [4.78, 5) is 11.6. The fourth-order valence-electron chi connectivity index (χ4n) is 1.29. The first kappa shape index (κ1) is 11.8. The maximum Gasteiger partial charge on any atom is 0.251 e. The summed E-state index contributed by atoms with van der Waals surface area (Å²) in [7, 11) is 0. The average molecular weight is 204 g/mol. The molecule has 1 radical (unpaired) electrons. The monoisotopic (exact) mass is 204 g/mol.